The lowest BCUT2D eigenvalue weighted by atomic mass is 10.2. The predicted octanol–water partition coefficient (Wildman–Crippen LogP) is 1.13. The van der Waals surface area contributed by atoms with Crippen molar-refractivity contribution >= 4 is 5.97 Å². The second-order valence-corrected chi connectivity index (χ2v) is 5.05. The van der Waals surface area contributed by atoms with Crippen LogP contribution in [0.1, 0.15) is 10.4 Å². The molecular formula is C18H29NO6. The lowest BCUT2D eigenvalue weighted by Gasteiger charge is -2.08. The van der Waals surface area contributed by atoms with Gasteiger partial charge in [-0.05, 0) is 19.2 Å². The summed E-state index contributed by atoms with van der Waals surface area (Å²) in [6, 6.07) is 8.88. The molecule has 1 aromatic carbocycles. The fraction of sp³-hybridized carbons (Fsp3) is 0.611. The summed E-state index contributed by atoms with van der Waals surface area (Å²) >= 11 is 0. The number of nitrogens with one attached hydrogen (secondary N) is 1. The molecular weight excluding hydrogens is 326 g/mol. The van der Waals surface area contributed by atoms with Gasteiger partial charge >= 0.3 is 5.97 Å². The maximum atomic E-state index is 11.7. The van der Waals surface area contributed by atoms with Crippen molar-refractivity contribution in [1.82, 2.24) is 5.32 Å². The molecule has 25 heavy (non-hydrogen) atoms. The third kappa shape index (κ3) is 12.5. The highest BCUT2D eigenvalue weighted by Crippen LogP contribution is 2.00. The fourth-order valence-electron chi connectivity index (χ4n) is 1.79. The number of carbonyl (C=O) groups excluding carboxylic acids is 1. The summed E-state index contributed by atoms with van der Waals surface area (Å²) in [5.74, 6) is -0.340. The van der Waals surface area contributed by atoms with Gasteiger partial charge in [-0.1, -0.05) is 18.2 Å². The molecule has 0 atom stereocenters. The molecule has 142 valence electrons. The minimum atomic E-state index is -0.340. The van der Waals surface area contributed by atoms with Crippen LogP contribution in [0.5, 0.6) is 0 Å². The number of likely N-dealkylation sites (N-methyl/N-ethyl adjacent to an activating group) is 1. The Labute approximate surface area is 149 Å². The van der Waals surface area contributed by atoms with Gasteiger partial charge in [0.15, 0.2) is 0 Å². The van der Waals surface area contributed by atoms with Crippen LogP contribution in [-0.2, 0) is 23.7 Å². The first-order chi connectivity index (χ1) is 12.3. The van der Waals surface area contributed by atoms with Gasteiger partial charge in [0.1, 0.15) is 6.61 Å². The highest BCUT2D eigenvalue weighted by Gasteiger charge is 2.04. The summed E-state index contributed by atoms with van der Waals surface area (Å²) < 4.78 is 26.5. The van der Waals surface area contributed by atoms with E-state index < -0.39 is 0 Å². The van der Waals surface area contributed by atoms with Gasteiger partial charge in [0.25, 0.3) is 0 Å². The first-order valence-electron chi connectivity index (χ1n) is 8.52. The van der Waals surface area contributed by atoms with Gasteiger partial charge in [-0.2, -0.15) is 0 Å². The van der Waals surface area contributed by atoms with Crippen molar-refractivity contribution in [3.8, 4) is 0 Å². The third-order valence-corrected chi connectivity index (χ3v) is 3.08. The van der Waals surface area contributed by atoms with E-state index in [1.807, 2.05) is 13.1 Å². The van der Waals surface area contributed by atoms with Crippen molar-refractivity contribution in [2.75, 3.05) is 73.1 Å². The molecule has 1 N–H and O–H groups in total. The predicted molar refractivity (Wildman–Crippen MR) is 93.9 cm³/mol. The first kappa shape index (κ1) is 21.5. The van der Waals surface area contributed by atoms with Gasteiger partial charge in [-0.25, -0.2) is 4.79 Å². The number of hydrogen-bond donors (Lipinski definition) is 1. The normalized spacial score (nSPS) is 10.8. The Morgan fingerprint density at radius 3 is 1.76 bits per heavy atom. The van der Waals surface area contributed by atoms with Crippen LogP contribution in [0.2, 0.25) is 0 Å². The quantitative estimate of drug-likeness (QED) is 0.352. The monoisotopic (exact) mass is 355 g/mol. The summed E-state index contributed by atoms with van der Waals surface area (Å²) in [7, 11) is 1.89. The van der Waals surface area contributed by atoms with Crippen LogP contribution in [0.25, 0.3) is 0 Å². The lowest BCUT2D eigenvalue weighted by molar-refractivity contribution is -0.00862. The second-order valence-electron chi connectivity index (χ2n) is 5.05. The highest BCUT2D eigenvalue weighted by molar-refractivity contribution is 5.89. The van der Waals surface area contributed by atoms with E-state index >= 15 is 0 Å². The summed E-state index contributed by atoms with van der Waals surface area (Å²) in [5.41, 5.74) is 0.540. The van der Waals surface area contributed by atoms with Gasteiger partial charge in [-0.15, -0.1) is 0 Å². The molecule has 0 aromatic heterocycles. The molecule has 0 fully saturated rings. The second kappa shape index (κ2) is 16.0. The van der Waals surface area contributed by atoms with Crippen molar-refractivity contribution in [3.05, 3.63) is 35.9 Å². The molecule has 0 unspecified atom stereocenters. The molecule has 0 spiro atoms. The fourth-order valence-corrected chi connectivity index (χ4v) is 1.79. The molecule has 0 bridgehead atoms. The maximum absolute atomic E-state index is 11.7. The average molecular weight is 355 g/mol. The van der Waals surface area contributed by atoms with E-state index in [1.165, 1.54) is 0 Å². The maximum Gasteiger partial charge on any atom is 0.338 e. The molecule has 0 aliphatic heterocycles. The smallest absolute Gasteiger partial charge is 0.338 e. The highest BCUT2D eigenvalue weighted by atomic mass is 16.6. The van der Waals surface area contributed by atoms with Gasteiger partial charge in [0.2, 0.25) is 0 Å². The Morgan fingerprint density at radius 1 is 0.760 bits per heavy atom. The molecule has 0 heterocycles. The molecule has 7 heteroatoms. The number of rotatable bonds is 16. The van der Waals surface area contributed by atoms with Crippen LogP contribution in [0.3, 0.4) is 0 Å². The van der Waals surface area contributed by atoms with Gasteiger partial charge in [0.05, 0.1) is 58.4 Å². The van der Waals surface area contributed by atoms with E-state index in [-0.39, 0.29) is 12.6 Å². The van der Waals surface area contributed by atoms with E-state index in [2.05, 4.69) is 5.32 Å². The first-order valence-corrected chi connectivity index (χ1v) is 8.52. The lowest BCUT2D eigenvalue weighted by Crippen LogP contribution is -2.17. The Bertz CT molecular complexity index is 429. The standard InChI is InChI=1S/C18H29NO6/c1-19-7-8-21-9-10-22-11-12-23-13-14-24-15-16-25-18(20)17-5-3-2-4-6-17/h2-6,19H,7-16H2,1H3. The van der Waals surface area contributed by atoms with Crippen molar-refractivity contribution in [2.45, 2.75) is 0 Å². The Morgan fingerprint density at radius 2 is 1.24 bits per heavy atom. The van der Waals surface area contributed by atoms with Gasteiger partial charge in [-0.3, -0.25) is 0 Å². The molecule has 1 aromatic rings. The zero-order valence-electron chi connectivity index (χ0n) is 14.9. The molecule has 0 aliphatic carbocycles. The number of benzene rings is 1. The molecule has 0 radical (unpaired) electrons. The van der Waals surface area contributed by atoms with Crippen LogP contribution < -0.4 is 5.32 Å². The summed E-state index contributed by atoms with van der Waals surface area (Å²) in [5, 5.41) is 3.00. The number of hydrogen-bond acceptors (Lipinski definition) is 7. The molecule has 7 nitrogen and oxygen atoms in total. The van der Waals surface area contributed by atoms with Crippen LogP contribution in [0, 0.1) is 0 Å². The van der Waals surface area contributed by atoms with Crippen molar-refractivity contribution < 1.29 is 28.5 Å². The van der Waals surface area contributed by atoms with Crippen molar-refractivity contribution in [2.24, 2.45) is 0 Å². The van der Waals surface area contributed by atoms with E-state index in [0.717, 1.165) is 6.54 Å². The Kier molecular flexibility index (Phi) is 13.8. The average Bonchev–Trinajstić information content (AvgIpc) is 2.65. The molecule has 1 rings (SSSR count). The number of ether oxygens (including phenoxy) is 5. The van der Waals surface area contributed by atoms with Crippen molar-refractivity contribution in [3.63, 3.8) is 0 Å². The van der Waals surface area contributed by atoms with Crippen LogP contribution in [0.4, 0.5) is 0 Å². The number of esters is 1. The summed E-state index contributed by atoms with van der Waals surface area (Å²) in [6.45, 7) is 5.25. The van der Waals surface area contributed by atoms with E-state index in [1.54, 1.807) is 24.3 Å². The van der Waals surface area contributed by atoms with E-state index in [9.17, 15) is 4.79 Å². The van der Waals surface area contributed by atoms with Gasteiger partial charge < -0.3 is 29.0 Å². The van der Waals surface area contributed by atoms with Crippen molar-refractivity contribution in [1.29, 1.82) is 0 Å². The Balaban J connectivity index is 1.78. The number of carbonyl (C=O) groups is 1. The Hall–Kier alpha value is -1.51. The zero-order chi connectivity index (χ0) is 18.0. The molecule has 0 amide bonds. The summed E-state index contributed by atoms with van der Waals surface area (Å²) in [4.78, 5) is 11.7. The van der Waals surface area contributed by atoms with Crippen LogP contribution in [0.15, 0.2) is 30.3 Å². The molecule has 0 saturated heterocycles. The largest absolute Gasteiger partial charge is 0.460 e. The van der Waals surface area contributed by atoms with Crippen LogP contribution in [-0.4, -0.2) is 79.0 Å². The minimum absolute atomic E-state index is 0.227. The van der Waals surface area contributed by atoms with Gasteiger partial charge in [0, 0.05) is 6.54 Å². The van der Waals surface area contributed by atoms with E-state index in [0.29, 0.717) is 58.4 Å². The molecule has 0 aliphatic rings. The summed E-state index contributed by atoms with van der Waals surface area (Å²) in [6.07, 6.45) is 0. The SMILES string of the molecule is CNCCOCCOCCOCCOCCOC(=O)c1ccccc1. The minimum Gasteiger partial charge on any atom is -0.460 e. The van der Waals surface area contributed by atoms with E-state index in [4.69, 9.17) is 23.7 Å². The third-order valence-electron chi connectivity index (χ3n) is 3.08. The topological polar surface area (TPSA) is 75.2 Å². The zero-order valence-corrected chi connectivity index (χ0v) is 14.9. The molecule has 0 saturated carbocycles. The van der Waals surface area contributed by atoms with Crippen LogP contribution >= 0.6 is 0 Å².